The summed E-state index contributed by atoms with van der Waals surface area (Å²) in [5.41, 5.74) is 12.9. The number of nitrogens with zero attached hydrogens (tertiary/aromatic N) is 4. The highest BCUT2D eigenvalue weighted by atomic mass is 16.3. The van der Waals surface area contributed by atoms with Gasteiger partial charge < -0.3 is 20.4 Å². The van der Waals surface area contributed by atoms with E-state index < -0.39 is 0 Å². The van der Waals surface area contributed by atoms with Gasteiger partial charge in [0.1, 0.15) is 23.0 Å². The minimum absolute atomic E-state index is 0.120. The molecular weight excluding hydrogens is 568 g/mol. The van der Waals surface area contributed by atoms with Gasteiger partial charge in [-0.1, -0.05) is 6.07 Å². The first-order valence-electron chi connectivity index (χ1n) is 14.2. The summed E-state index contributed by atoms with van der Waals surface area (Å²) in [6.07, 6.45) is 0. The molecule has 0 aromatic heterocycles. The summed E-state index contributed by atoms with van der Waals surface area (Å²) in [7, 11) is 0. The Hall–Kier alpha value is -6.21. The van der Waals surface area contributed by atoms with Crippen molar-refractivity contribution < 1.29 is 20.4 Å². The van der Waals surface area contributed by atoms with Crippen molar-refractivity contribution in [1.82, 2.24) is 0 Å². The third kappa shape index (κ3) is 6.58. The predicted molar refractivity (Wildman–Crippen MR) is 177 cm³/mol. The maximum atomic E-state index is 10.5. The van der Waals surface area contributed by atoms with E-state index in [2.05, 4.69) is 16.9 Å². The molecule has 0 atom stereocenters. The van der Waals surface area contributed by atoms with E-state index in [0.29, 0.717) is 56.3 Å². The zero-order valence-electron chi connectivity index (χ0n) is 25.3. The second kappa shape index (κ2) is 12.6. The van der Waals surface area contributed by atoms with Crippen molar-refractivity contribution in [2.75, 3.05) is 26.2 Å². The topological polar surface area (TPSA) is 138 Å². The van der Waals surface area contributed by atoms with Crippen LogP contribution in [0.2, 0.25) is 0 Å². The van der Waals surface area contributed by atoms with Gasteiger partial charge in [0, 0.05) is 0 Å². The molecule has 45 heavy (non-hydrogen) atoms. The largest absolute Gasteiger partial charge is 0.508 e. The van der Waals surface area contributed by atoms with E-state index >= 15 is 0 Å². The third-order valence-electron chi connectivity index (χ3n) is 7.30. The lowest BCUT2D eigenvalue weighted by Crippen LogP contribution is -2.59. The number of aryl methyl sites for hydroxylation is 4. The van der Waals surface area contributed by atoms with Gasteiger partial charge in [-0.25, -0.2) is 0 Å². The molecule has 0 aliphatic heterocycles. The quantitative estimate of drug-likeness (QED) is 0.0752. The summed E-state index contributed by atoms with van der Waals surface area (Å²) in [4.78, 5) is 0. The van der Waals surface area contributed by atoms with Gasteiger partial charge >= 0.3 is 0 Å². The van der Waals surface area contributed by atoms with Crippen LogP contribution in [0.15, 0.2) is 97.1 Å². The number of aromatic hydroxyl groups is 4. The zero-order chi connectivity index (χ0) is 32.2. The van der Waals surface area contributed by atoms with E-state index in [0.717, 1.165) is 0 Å². The number of phenolic OH excluding ortho intramolecular Hbond substituents is 4. The first kappa shape index (κ1) is 30.3. The zero-order valence-corrected chi connectivity index (χ0v) is 25.3. The Morgan fingerprint density at radius 3 is 1.40 bits per heavy atom. The van der Waals surface area contributed by atoms with Crippen LogP contribution in [0.25, 0.3) is 0 Å². The summed E-state index contributed by atoms with van der Waals surface area (Å²) in [5.74, 6) is 0.526. The van der Waals surface area contributed by atoms with Crippen LogP contribution < -0.4 is 26.2 Å². The standard InChI is InChI=1S/C35H34N6O4/c1-22-16-28(8-12-32(22)42)38-40(30-10-14-34(44)24(3)18-30)41(31-11-15-35(45)25(4)19-31)39(29-9-13-33(43)23(2)17-29)37-27-7-5-6-26(20-27)21-36/h5-20,37-38,42-45H,1-4H3. The Balaban J connectivity index is 1.79. The molecule has 0 aliphatic carbocycles. The van der Waals surface area contributed by atoms with E-state index in [1.807, 2.05) is 24.3 Å². The van der Waals surface area contributed by atoms with Gasteiger partial charge in [0.2, 0.25) is 0 Å². The Labute approximate surface area is 261 Å². The molecule has 5 rings (SSSR count). The lowest BCUT2D eigenvalue weighted by atomic mass is 10.2. The van der Waals surface area contributed by atoms with E-state index in [9.17, 15) is 25.7 Å². The third-order valence-corrected chi connectivity index (χ3v) is 7.30. The van der Waals surface area contributed by atoms with E-state index in [4.69, 9.17) is 0 Å². The minimum atomic E-state index is 0.120. The van der Waals surface area contributed by atoms with Crippen LogP contribution in [-0.2, 0) is 0 Å². The smallest absolute Gasteiger partial charge is 0.118 e. The molecule has 228 valence electrons. The van der Waals surface area contributed by atoms with Crippen LogP contribution in [0, 0.1) is 39.0 Å². The first-order valence-corrected chi connectivity index (χ1v) is 14.2. The average Bonchev–Trinajstić information content (AvgIpc) is 3.02. The highest BCUT2D eigenvalue weighted by Crippen LogP contribution is 2.35. The number of hydrogen-bond donors (Lipinski definition) is 6. The Morgan fingerprint density at radius 1 is 0.511 bits per heavy atom. The highest BCUT2D eigenvalue weighted by Gasteiger charge is 2.28. The first-order chi connectivity index (χ1) is 21.5. The predicted octanol–water partition coefficient (Wildman–Crippen LogP) is 7.32. The molecule has 10 nitrogen and oxygen atoms in total. The van der Waals surface area contributed by atoms with Crippen LogP contribution in [0.3, 0.4) is 0 Å². The molecule has 0 fully saturated rings. The SMILES string of the molecule is Cc1cc(NN(c2ccc(O)c(C)c2)N(c2ccc(O)c(C)c2)N(Nc2cccc(C#N)c2)c2ccc(O)c(C)c2)ccc1O. The van der Waals surface area contributed by atoms with E-state index in [1.165, 1.54) is 0 Å². The van der Waals surface area contributed by atoms with Crippen molar-refractivity contribution in [2.24, 2.45) is 0 Å². The molecule has 0 saturated heterocycles. The van der Waals surface area contributed by atoms with Gasteiger partial charge in [-0.2, -0.15) is 20.6 Å². The number of nitriles is 1. The molecule has 0 radical (unpaired) electrons. The van der Waals surface area contributed by atoms with Crippen LogP contribution in [0.4, 0.5) is 28.4 Å². The van der Waals surface area contributed by atoms with Gasteiger partial charge in [-0.05, 0) is 141 Å². The molecule has 0 bridgehead atoms. The summed E-state index contributed by atoms with van der Waals surface area (Å²) in [6, 6.07) is 29.8. The van der Waals surface area contributed by atoms with Crippen molar-refractivity contribution in [3.05, 3.63) is 125 Å². The molecule has 0 amide bonds. The van der Waals surface area contributed by atoms with Gasteiger partial charge in [0.25, 0.3) is 0 Å². The fourth-order valence-corrected chi connectivity index (χ4v) is 4.70. The fraction of sp³-hybridized carbons (Fsp3) is 0.114. The van der Waals surface area contributed by atoms with E-state index in [1.54, 1.807) is 116 Å². The summed E-state index contributed by atoms with van der Waals surface area (Å²) in [6.45, 7) is 7.18. The molecular formula is C35H34N6O4. The summed E-state index contributed by atoms with van der Waals surface area (Å²) in [5, 5.41) is 56.4. The van der Waals surface area contributed by atoms with Crippen LogP contribution in [0.5, 0.6) is 23.0 Å². The van der Waals surface area contributed by atoms with Gasteiger partial charge in [-0.3, -0.25) is 10.9 Å². The van der Waals surface area contributed by atoms with Crippen LogP contribution in [0.1, 0.15) is 27.8 Å². The van der Waals surface area contributed by atoms with Crippen LogP contribution in [-0.4, -0.2) is 20.4 Å². The normalized spacial score (nSPS) is 10.6. The number of phenols is 4. The van der Waals surface area contributed by atoms with Crippen LogP contribution >= 0.6 is 0 Å². The number of benzene rings is 5. The second-order valence-electron chi connectivity index (χ2n) is 10.7. The van der Waals surface area contributed by atoms with Crippen molar-refractivity contribution in [1.29, 1.82) is 5.26 Å². The monoisotopic (exact) mass is 602 g/mol. The maximum absolute atomic E-state index is 10.5. The van der Waals surface area contributed by atoms with Gasteiger partial charge in [-0.15, -0.1) is 0 Å². The molecule has 0 heterocycles. The molecule has 0 unspecified atom stereocenters. The lowest BCUT2D eigenvalue weighted by Gasteiger charge is -2.45. The van der Waals surface area contributed by atoms with Crippen molar-refractivity contribution >= 4 is 28.4 Å². The number of rotatable bonds is 9. The van der Waals surface area contributed by atoms with Crippen molar-refractivity contribution in [3.63, 3.8) is 0 Å². The molecule has 5 aromatic carbocycles. The van der Waals surface area contributed by atoms with Crippen molar-refractivity contribution in [2.45, 2.75) is 27.7 Å². The maximum Gasteiger partial charge on any atom is 0.118 e. The Bertz CT molecular complexity index is 1900. The highest BCUT2D eigenvalue weighted by molar-refractivity contribution is 5.72. The second-order valence-corrected chi connectivity index (χ2v) is 10.7. The Kier molecular flexibility index (Phi) is 8.45. The molecule has 0 aliphatic rings. The molecule has 10 heteroatoms. The fourth-order valence-electron chi connectivity index (χ4n) is 4.70. The Morgan fingerprint density at radius 2 is 0.933 bits per heavy atom. The number of hydrazine groups is 4. The molecule has 6 N–H and O–H groups in total. The molecule has 0 saturated carbocycles. The van der Waals surface area contributed by atoms with Gasteiger partial charge in [0.15, 0.2) is 0 Å². The summed E-state index contributed by atoms with van der Waals surface area (Å²) >= 11 is 0. The lowest BCUT2D eigenvalue weighted by molar-refractivity contribution is 0.470. The van der Waals surface area contributed by atoms with Crippen molar-refractivity contribution in [3.8, 4) is 29.1 Å². The average molecular weight is 603 g/mol. The molecule has 0 spiro atoms. The number of hydrogen-bond acceptors (Lipinski definition) is 10. The number of nitrogens with one attached hydrogen (secondary N) is 2. The summed E-state index contributed by atoms with van der Waals surface area (Å²) < 4.78 is 0. The van der Waals surface area contributed by atoms with Gasteiger partial charge in [0.05, 0.1) is 40.1 Å². The number of anilines is 5. The minimum Gasteiger partial charge on any atom is -0.508 e. The van der Waals surface area contributed by atoms with E-state index in [-0.39, 0.29) is 23.0 Å². The molecule has 5 aromatic rings.